The highest BCUT2D eigenvalue weighted by atomic mass is 35.5. The fourth-order valence-corrected chi connectivity index (χ4v) is 2.22. The number of fused-ring (bicyclic) bond motifs is 1. The molecule has 0 radical (unpaired) electrons. The molecule has 3 heteroatoms. The Balaban J connectivity index is 0.00000144. The molecule has 0 aliphatic carbocycles. The number of nitrogens with one attached hydrogen (secondary N) is 1. The normalized spacial score (nSPS) is 19.4. The molecule has 0 aromatic heterocycles. The molecule has 1 aliphatic heterocycles. The van der Waals surface area contributed by atoms with E-state index in [-0.39, 0.29) is 12.4 Å². The molecule has 2 nitrogen and oxygen atoms in total. The molecule has 1 unspecified atom stereocenters. The quantitative estimate of drug-likeness (QED) is 0.896. The van der Waals surface area contributed by atoms with Crippen LogP contribution in [0.2, 0.25) is 0 Å². The Morgan fingerprint density at radius 3 is 2.88 bits per heavy atom. The highest BCUT2D eigenvalue weighted by Crippen LogP contribution is 2.26. The van der Waals surface area contributed by atoms with Crippen LogP contribution < -0.4 is 5.32 Å². The van der Waals surface area contributed by atoms with Gasteiger partial charge in [0.05, 0.1) is 6.61 Å². The third-order valence-electron chi connectivity index (χ3n) is 3.14. The summed E-state index contributed by atoms with van der Waals surface area (Å²) >= 11 is 0. The van der Waals surface area contributed by atoms with Gasteiger partial charge in [-0.1, -0.05) is 38.1 Å². The number of halogens is 1. The fraction of sp³-hybridized carbons (Fsp3) is 0.571. The van der Waals surface area contributed by atoms with E-state index < -0.39 is 0 Å². The van der Waals surface area contributed by atoms with Crippen molar-refractivity contribution in [2.75, 3.05) is 13.2 Å². The third kappa shape index (κ3) is 3.98. The van der Waals surface area contributed by atoms with Gasteiger partial charge in [0.15, 0.2) is 0 Å². The van der Waals surface area contributed by atoms with Crippen LogP contribution in [-0.4, -0.2) is 19.2 Å². The maximum Gasteiger partial charge on any atom is 0.0719 e. The predicted molar refractivity (Wildman–Crippen MR) is 73.8 cm³/mol. The summed E-state index contributed by atoms with van der Waals surface area (Å²) in [5.74, 6) is 0.598. The van der Waals surface area contributed by atoms with E-state index in [1.165, 1.54) is 11.1 Å². The standard InChI is InChI=1S/C14H21NO.ClH/c1-11(2)15-9-12-7-8-16-10-13-5-3-4-6-14(12)13;/h3-6,11-12,15H,7-10H2,1-2H3;1H. The molecule has 1 atom stereocenters. The molecular formula is C14H22ClNO. The van der Waals surface area contributed by atoms with E-state index in [1.807, 2.05) is 0 Å². The zero-order valence-electron chi connectivity index (χ0n) is 10.6. The van der Waals surface area contributed by atoms with Gasteiger partial charge < -0.3 is 10.1 Å². The van der Waals surface area contributed by atoms with Gasteiger partial charge >= 0.3 is 0 Å². The van der Waals surface area contributed by atoms with Gasteiger partial charge in [-0.05, 0) is 23.5 Å². The van der Waals surface area contributed by atoms with Gasteiger partial charge in [0, 0.05) is 19.2 Å². The van der Waals surface area contributed by atoms with Crippen molar-refractivity contribution in [2.45, 2.75) is 38.8 Å². The van der Waals surface area contributed by atoms with Gasteiger partial charge in [-0.2, -0.15) is 0 Å². The minimum atomic E-state index is 0. The Labute approximate surface area is 110 Å². The molecule has 0 amide bonds. The first-order chi connectivity index (χ1) is 7.77. The number of hydrogen-bond acceptors (Lipinski definition) is 2. The van der Waals surface area contributed by atoms with Crippen LogP contribution in [-0.2, 0) is 11.3 Å². The molecule has 17 heavy (non-hydrogen) atoms. The molecule has 0 spiro atoms. The summed E-state index contributed by atoms with van der Waals surface area (Å²) in [5, 5.41) is 3.53. The van der Waals surface area contributed by atoms with Crippen LogP contribution in [0.3, 0.4) is 0 Å². The van der Waals surface area contributed by atoms with E-state index in [0.29, 0.717) is 12.0 Å². The van der Waals surface area contributed by atoms with Crippen molar-refractivity contribution >= 4 is 12.4 Å². The molecule has 0 saturated heterocycles. The van der Waals surface area contributed by atoms with Crippen molar-refractivity contribution in [1.29, 1.82) is 0 Å². The molecule has 1 N–H and O–H groups in total. The average Bonchev–Trinajstić information content (AvgIpc) is 2.48. The lowest BCUT2D eigenvalue weighted by Gasteiger charge is -2.19. The van der Waals surface area contributed by atoms with E-state index in [1.54, 1.807) is 0 Å². The second-order valence-corrected chi connectivity index (χ2v) is 4.80. The Hall–Kier alpha value is -0.570. The van der Waals surface area contributed by atoms with Gasteiger partial charge in [-0.25, -0.2) is 0 Å². The first kappa shape index (κ1) is 14.5. The Morgan fingerprint density at radius 2 is 2.12 bits per heavy atom. The molecule has 2 rings (SSSR count). The van der Waals surface area contributed by atoms with Crippen molar-refractivity contribution in [2.24, 2.45) is 0 Å². The van der Waals surface area contributed by atoms with Gasteiger partial charge in [-0.3, -0.25) is 0 Å². The number of ether oxygens (including phenoxy) is 1. The zero-order chi connectivity index (χ0) is 11.4. The average molecular weight is 256 g/mol. The second kappa shape index (κ2) is 7.00. The van der Waals surface area contributed by atoms with Crippen LogP contribution in [0.25, 0.3) is 0 Å². The zero-order valence-corrected chi connectivity index (χ0v) is 11.4. The van der Waals surface area contributed by atoms with Crippen LogP contribution >= 0.6 is 12.4 Å². The summed E-state index contributed by atoms with van der Waals surface area (Å²) in [6, 6.07) is 9.21. The largest absolute Gasteiger partial charge is 0.377 e. The maximum atomic E-state index is 5.63. The predicted octanol–water partition coefficient (Wildman–Crippen LogP) is 3.11. The molecule has 0 fully saturated rings. The summed E-state index contributed by atoms with van der Waals surface area (Å²) in [6.45, 7) is 7.09. The first-order valence-electron chi connectivity index (χ1n) is 6.16. The van der Waals surface area contributed by atoms with Crippen LogP contribution in [0.4, 0.5) is 0 Å². The van der Waals surface area contributed by atoms with E-state index in [9.17, 15) is 0 Å². The summed E-state index contributed by atoms with van der Waals surface area (Å²) in [4.78, 5) is 0. The van der Waals surface area contributed by atoms with Crippen LogP contribution in [0.5, 0.6) is 0 Å². The monoisotopic (exact) mass is 255 g/mol. The lowest BCUT2D eigenvalue weighted by molar-refractivity contribution is 0.121. The van der Waals surface area contributed by atoms with Gasteiger partial charge in [0.25, 0.3) is 0 Å². The molecule has 1 aromatic rings. The summed E-state index contributed by atoms with van der Waals surface area (Å²) in [6.07, 6.45) is 1.12. The minimum absolute atomic E-state index is 0. The number of benzene rings is 1. The van der Waals surface area contributed by atoms with E-state index in [0.717, 1.165) is 26.2 Å². The van der Waals surface area contributed by atoms with Crippen LogP contribution in [0.15, 0.2) is 24.3 Å². The number of rotatable bonds is 3. The highest BCUT2D eigenvalue weighted by Gasteiger charge is 2.18. The summed E-state index contributed by atoms with van der Waals surface area (Å²) < 4.78 is 5.63. The van der Waals surface area contributed by atoms with Crippen molar-refractivity contribution in [1.82, 2.24) is 5.32 Å². The van der Waals surface area contributed by atoms with E-state index >= 15 is 0 Å². The van der Waals surface area contributed by atoms with Crippen molar-refractivity contribution in [3.8, 4) is 0 Å². The SMILES string of the molecule is CC(C)NCC1CCOCc2ccccc21.Cl. The lowest BCUT2D eigenvalue weighted by atomic mass is 9.92. The molecule has 1 aliphatic rings. The Morgan fingerprint density at radius 1 is 1.35 bits per heavy atom. The number of hydrogen-bond donors (Lipinski definition) is 1. The van der Waals surface area contributed by atoms with Crippen molar-refractivity contribution in [3.63, 3.8) is 0 Å². The highest BCUT2D eigenvalue weighted by molar-refractivity contribution is 5.85. The third-order valence-corrected chi connectivity index (χ3v) is 3.14. The topological polar surface area (TPSA) is 21.3 Å². The van der Waals surface area contributed by atoms with Gasteiger partial charge in [0.2, 0.25) is 0 Å². The summed E-state index contributed by atoms with van der Waals surface area (Å²) in [7, 11) is 0. The van der Waals surface area contributed by atoms with E-state index in [2.05, 4.69) is 43.4 Å². The molecule has 0 saturated carbocycles. The van der Waals surface area contributed by atoms with Gasteiger partial charge in [-0.15, -0.1) is 12.4 Å². The van der Waals surface area contributed by atoms with E-state index in [4.69, 9.17) is 4.74 Å². The smallest absolute Gasteiger partial charge is 0.0719 e. The second-order valence-electron chi connectivity index (χ2n) is 4.80. The van der Waals surface area contributed by atoms with Crippen LogP contribution in [0, 0.1) is 0 Å². The lowest BCUT2D eigenvalue weighted by Crippen LogP contribution is -2.28. The summed E-state index contributed by atoms with van der Waals surface area (Å²) in [5.41, 5.74) is 2.82. The Bertz CT molecular complexity index is 341. The molecular weight excluding hydrogens is 234 g/mol. The molecule has 1 aromatic carbocycles. The van der Waals surface area contributed by atoms with Crippen LogP contribution in [0.1, 0.15) is 37.3 Å². The molecule has 1 heterocycles. The van der Waals surface area contributed by atoms with Crippen molar-refractivity contribution < 1.29 is 4.74 Å². The maximum absolute atomic E-state index is 5.63. The molecule has 0 bridgehead atoms. The minimum Gasteiger partial charge on any atom is -0.377 e. The fourth-order valence-electron chi connectivity index (χ4n) is 2.22. The first-order valence-corrected chi connectivity index (χ1v) is 6.16. The molecule has 96 valence electrons. The van der Waals surface area contributed by atoms with Gasteiger partial charge in [0.1, 0.15) is 0 Å². The van der Waals surface area contributed by atoms with Crippen molar-refractivity contribution in [3.05, 3.63) is 35.4 Å². The Kier molecular flexibility index (Phi) is 5.96.